The summed E-state index contributed by atoms with van der Waals surface area (Å²) in [4.78, 5) is 14.2. The quantitative estimate of drug-likeness (QED) is 0.712. The maximum Gasteiger partial charge on any atom is 0.289 e. The smallest absolute Gasteiger partial charge is 0.289 e. The monoisotopic (exact) mass is 357 g/mol. The Labute approximate surface area is 148 Å². The minimum absolute atomic E-state index is 0.103. The number of furan rings is 1. The molecule has 1 amide bonds. The van der Waals surface area contributed by atoms with E-state index >= 15 is 0 Å². The van der Waals surface area contributed by atoms with Gasteiger partial charge in [-0.3, -0.25) is 4.79 Å². The summed E-state index contributed by atoms with van der Waals surface area (Å²) in [5.41, 5.74) is 0.463. The van der Waals surface area contributed by atoms with Crippen molar-refractivity contribution in [2.45, 2.75) is 18.8 Å². The van der Waals surface area contributed by atoms with Crippen LogP contribution in [-0.4, -0.2) is 34.1 Å². The summed E-state index contributed by atoms with van der Waals surface area (Å²) in [7, 11) is 0. The van der Waals surface area contributed by atoms with Crippen molar-refractivity contribution in [3.05, 3.63) is 59.2 Å². The SMILES string of the molecule is O=C(c1ccco1)N1CCCC(c2nnc(-c3ccccc3F)s2)C1. The first-order valence-electron chi connectivity index (χ1n) is 8.13. The highest BCUT2D eigenvalue weighted by Gasteiger charge is 2.29. The summed E-state index contributed by atoms with van der Waals surface area (Å²) < 4.78 is 19.1. The van der Waals surface area contributed by atoms with Crippen molar-refractivity contribution in [1.82, 2.24) is 15.1 Å². The molecule has 128 valence electrons. The Kier molecular flexibility index (Phi) is 4.31. The number of nitrogens with zero attached hydrogens (tertiary/aromatic N) is 3. The Morgan fingerprint density at radius 2 is 2.12 bits per heavy atom. The number of likely N-dealkylation sites (tertiary alicyclic amines) is 1. The predicted octanol–water partition coefficient (Wildman–Crippen LogP) is 3.96. The van der Waals surface area contributed by atoms with Gasteiger partial charge in [-0.25, -0.2) is 4.39 Å². The first-order chi connectivity index (χ1) is 12.2. The second kappa shape index (κ2) is 6.76. The number of carbonyl (C=O) groups excluding carboxylic acids is 1. The average molecular weight is 357 g/mol. The fourth-order valence-corrected chi connectivity index (χ4v) is 4.06. The lowest BCUT2D eigenvalue weighted by Crippen LogP contribution is -2.38. The van der Waals surface area contributed by atoms with Crippen molar-refractivity contribution in [2.75, 3.05) is 13.1 Å². The fourth-order valence-electron chi connectivity index (χ4n) is 3.06. The van der Waals surface area contributed by atoms with Gasteiger partial charge in [0.2, 0.25) is 0 Å². The van der Waals surface area contributed by atoms with E-state index in [9.17, 15) is 9.18 Å². The summed E-state index contributed by atoms with van der Waals surface area (Å²) in [5, 5.41) is 9.82. The molecule has 5 nitrogen and oxygen atoms in total. The van der Waals surface area contributed by atoms with Crippen molar-refractivity contribution in [3.63, 3.8) is 0 Å². The predicted molar refractivity (Wildman–Crippen MR) is 91.9 cm³/mol. The molecule has 1 unspecified atom stereocenters. The van der Waals surface area contributed by atoms with E-state index < -0.39 is 0 Å². The number of carbonyl (C=O) groups is 1. The van der Waals surface area contributed by atoms with Crippen LogP contribution in [-0.2, 0) is 0 Å². The molecule has 3 aromatic rings. The van der Waals surface area contributed by atoms with Crippen LogP contribution < -0.4 is 0 Å². The molecule has 0 spiro atoms. The molecule has 1 aromatic carbocycles. The van der Waals surface area contributed by atoms with Gasteiger partial charge in [0, 0.05) is 24.6 Å². The highest BCUT2D eigenvalue weighted by Crippen LogP contribution is 2.33. The first kappa shape index (κ1) is 16.0. The Morgan fingerprint density at radius 1 is 1.24 bits per heavy atom. The molecule has 7 heteroatoms. The van der Waals surface area contributed by atoms with Crippen LogP contribution in [0.4, 0.5) is 4.39 Å². The molecular weight excluding hydrogens is 341 g/mol. The third-order valence-electron chi connectivity index (χ3n) is 4.33. The summed E-state index contributed by atoms with van der Waals surface area (Å²) in [6, 6.07) is 9.94. The van der Waals surface area contributed by atoms with Crippen molar-refractivity contribution in [1.29, 1.82) is 0 Å². The van der Waals surface area contributed by atoms with Gasteiger partial charge in [0.1, 0.15) is 10.8 Å². The largest absolute Gasteiger partial charge is 0.459 e. The molecule has 25 heavy (non-hydrogen) atoms. The molecule has 0 radical (unpaired) electrons. The number of piperidine rings is 1. The number of halogens is 1. The Balaban J connectivity index is 1.52. The van der Waals surface area contributed by atoms with E-state index in [-0.39, 0.29) is 17.6 Å². The zero-order valence-electron chi connectivity index (χ0n) is 13.4. The normalized spacial score (nSPS) is 17.6. The van der Waals surface area contributed by atoms with Gasteiger partial charge in [0.25, 0.3) is 5.91 Å². The molecule has 1 atom stereocenters. The van der Waals surface area contributed by atoms with Crippen LogP contribution in [0, 0.1) is 5.82 Å². The number of amides is 1. The summed E-state index contributed by atoms with van der Waals surface area (Å²) >= 11 is 1.39. The Morgan fingerprint density at radius 3 is 2.92 bits per heavy atom. The Bertz CT molecular complexity index is 878. The van der Waals surface area contributed by atoms with Crippen LogP contribution >= 0.6 is 11.3 Å². The van der Waals surface area contributed by atoms with Crippen LogP contribution in [0.25, 0.3) is 10.6 Å². The summed E-state index contributed by atoms with van der Waals surface area (Å²) in [6.07, 6.45) is 3.33. The second-order valence-electron chi connectivity index (χ2n) is 5.99. The molecule has 2 aromatic heterocycles. The maximum atomic E-state index is 13.9. The third kappa shape index (κ3) is 3.19. The van der Waals surface area contributed by atoms with Gasteiger partial charge < -0.3 is 9.32 Å². The highest BCUT2D eigenvalue weighted by atomic mass is 32.1. The average Bonchev–Trinajstić information content (AvgIpc) is 3.34. The van der Waals surface area contributed by atoms with E-state index in [1.807, 2.05) is 0 Å². The van der Waals surface area contributed by atoms with Gasteiger partial charge in [-0.05, 0) is 37.1 Å². The topological polar surface area (TPSA) is 59.2 Å². The van der Waals surface area contributed by atoms with E-state index in [0.717, 1.165) is 17.8 Å². The number of aromatic nitrogens is 2. The van der Waals surface area contributed by atoms with Gasteiger partial charge >= 0.3 is 0 Å². The minimum Gasteiger partial charge on any atom is -0.459 e. The van der Waals surface area contributed by atoms with Crippen molar-refractivity contribution in [2.24, 2.45) is 0 Å². The van der Waals surface area contributed by atoms with Crippen molar-refractivity contribution < 1.29 is 13.6 Å². The lowest BCUT2D eigenvalue weighted by Gasteiger charge is -2.30. The van der Waals surface area contributed by atoms with E-state index in [4.69, 9.17) is 4.42 Å². The standard InChI is InChI=1S/C18H16FN3O2S/c19-14-7-2-1-6-13(14)17-21-20-16(25-17)12-5-3-9-22(11-12)18(23)15-8-4-10-24-15/h1-2,4,6-8,10,12H,3,5,9,11H2. The molecule has 0 saturated carbocycles. The molecule has 0 N–H and O–H groups in total. The zero-order chi connectivity index (χ0) is 17.2. The summed E-state index contributed by atoms with van der Waals surface area (Å²) in [6.45, 7) is 1.28. The maximum absolute atomic E-state index is 13.9. The van der Waals surface area contributed by atoms with E-state index in [1.165, 1.54) is 23.7 Å². The highest BCUT2D eigenvalue weighted by molar-refractivity contribution is 7.14. The van der Waals surface area contributed by atoms with Crippen LogP contribution in [0.15, 0.2) is 47.1 Å². The molecule has 1 saturated heterocycles. The molecule has 0 bridgehead atoms. The molecule has 4 rings (SSSR count). The van der Waals surface area contributed by atoms with E-state index in [2.05, 4.69) is 10.2 Å². The third-order valence-corrected chi connectivity index (χ3v) is 5.45. The number of benzene rings is 1. The van der Waals surface area contributed by atoms with Gasteiger partial charge in [0.15, 0.2) is 10.8 Å². The van der Waals surface area contributed by atoms with Crippen molar-refractivity contribution in [3.8, 4) is 10.6 Å². The number of hydrogen-bond acceptors (Lipinski definition) is 5. The number of rotatable bonds is 3. The van der Waals surface area contributed by atoms with Gasteiger partial charge in [-0.1, -0.05) is 23.5 Å². The van der Waals surface area contributed by atoms with Gasteiger partial charge in [0.05, 0.1) is 6.26 Å². The van der Waals surface area contributed by atoms with E-state index in [1.54, 1.807) is 35.2 Å². The molecule has 1 fully saturated rings. The van der Waals surface area contributed by atoms with Crippen LogP contribution in [0.5, 0.6) is 0 Å². The van der Waals surface area contributed by atoms with E-state index in [0.29, 0.717) is 29.4 Å². The fraction of sp³-hybridized carbons (Fsp3) is 0.278. The zero-order valence-corrected chi connectivity index (χ0v) is 14.2. The Hall–Kier alpha value is -2.54. The molecule has 3 heterocycles. The molecular formula is C18H16FN3O2S. The lowest BCUT2D eigenvalue weighted by atomic mass is 9.98. The van der Waals surface area contributed by atoms with Crippen LogP contribution in [0.2, 0.25) is 0 Å². The van der Waals surface area contributed by atoms with Crippen LogP contribution in [0.1, 0.15) is 34.3 Å². The second-order valence-corrected chi connectivity index (χ2v) is 7.00. The molecule has 0 aliphatic carbocycles. The number of hydrogen-bond donors (Lipinski definition) is 0. The minimum atomic E-state index is -0.302. The molecule has 1 aliphatic heterocycles. The summed E-state index contributed by atoms with van der Waals surface area (Å²) in [5.74, 6) is 0.0626. The lowest BCUT2D eigenvalue weighted by molar-refractivity contribution is 0.0674. The van der Waals surface area contributed by atoms with Gasteiger partial charge in [-0.2, -0.15) is 0 Å². The van der Waals surface area contributed by atoms with Gasteiger partial charge in [-0.15, -0.1) is 10.2 Å². The van der Waals surface area contributed by atoms with Crippen molar-refractivity contribution >= 4 is 17.2 Å². The first-order valence-corrected chi connectivity index (χ1v) is 8.95. The van der Waals surface area contributed by atoms with Crippen LogP contribution in [0.3, 0.4) is 0 Å². The molecule has 1 aliphatic rings.